The van der Waals surface area contributed by atoms with E-state index in [1.54, 1.807) is 0 Å². The first-order valence-corrected chi connectivity index (χ1v) is 8.13. The third-order valence-corrected chi connectivity index (χ3v) is 4.29. The van der Waals surface area contributed by atoms with Gasteiger partial charge in [0.15, 0.2) is 0 Å². The van der Waals surface area contributed by atoms with Gasteiger partial charge in [0.05, 0.1) is 6.61 Å². The molecule has 1 aromatic carbocycles. The maximum atomic E-state index is 9.21. The third-order valence-electron chi connectivity index (χ3n) is 4.29. The number of rotatable bonds is 4. The molecule has 0 amide bonds. The molecule has 3 rings (SSSR count). The molecule has 1 aliphatic heterocycles. The Balaban J connectivity index is 1.89. The lowest BCUT2D eigenvalue weighted by atomic mass is 9.95. The van der Waals surface area contributed by atoms with E-state index in [2.05, 4.69) is 51.4 Å². The molecule has 1 aliphatic rings. The van der Waals surface area contributed by atoms with E-state index in [1.807, 2.05) is 19.9 Å². The van der Waals surface area contributed by atoms with Gasteiger partial charge in [-0.25, -0.2) is 4.98 Å². The first-order chi connectivity index (χ1) is 11.1. The summed E-state index contributed by atoms with van der Waals surface area (Å²) in [5.41, 5.74) is 3.71. The van der Waals surface area contributed by atoms with Gasteiger partial charge in [-0.1, -0.05) is 24.3 Å². The van der Waals surface area contributed by atoms with Crippen molar-refractivity contribution in [1.29, 1.82) is 0 Å². The number of aliphatic hydroxyl groups is 1. The number of nitrogens with one attached hydrogen (secondary N) is 1. The Morgan fingerprint density at radius 2 is 2.04 bits per heavy atom. The van der Waals surface area contributed by atoms with Gasteiger partial charge in [0, 0.05) is 30.4 Å². The lowest BCUT2D eigenvalue weighted by molar-refractivity contribution is 0.281. The monoisotopic (exact) mass is 312 g/mol. The van der Waals surface area contributed by atoms with Crippen LogP contribution >= 0.6 is 0 Å². The zero-order valence-electron chi connectivity index (χ0n) is 14.0. The van der Waals surface area contributed by atoms with Crippen LogP contribution in [-0.4, -0.2) is 33.8 Å². The topological polar surface area (TPSA) is 61.3 Å². The van der Waals surface area contributed by atoms with Gasteiger partial charge in [0.25, 0.3) is 0 Å². The average Bonchev–Trinajstić information content (AvgIpc) is 2.53. The predicted octanol–water partition coefficient (Wildman–Crippen LogP) is 2.53. The highest BCUT2D eigenvalue weighted by Gasteiger charge is 2.24. The van der Waals surface area contributed by atoms with Gasteiger partial charge in [-0.3, -0.25) is 0 Å². The Labute approximate surface area is 137 Å². The van der Waals surface area contributed by atoms with Gasteiger partial charge in [0.2, 0.25) is 5.95 Å². The normalized spacial score (nSPS) is 18.4. The number of aromatic nitrogens is 2. The van der Waals surface area contributed by atoms with Crippen molar-refractivity contribution in [2.75, 3.05) is 16.8 Å². The summed E-state index contributed by atoms with van der Waals surface area (Å²) in [5, 5.41) is 12.4. The molecular weight excluding hydrogens is 288 g/mol. The Morgan fingerprint density at radius 3 is 2.78 bits per heavy atom. The average molecular weight is 312 g/mol. The smallest absolute Gasteiger partial charge is 0.225 e. The Hall–Kier alpha value is -2.14. The first-order valence-electron chi connectivity index (χ1n) is 8.13. The number of aliphatic hydroxyl groups excluding tert-OH is 1. The summed E-state index contributed by atoms with van der Waals surface area (Å²) in [6.07, 6.45) is 1.02. The van der Waals surface area contributed by atoms with Crippen LogP contribution in [0.4, 0.5) is 11.8 Å². The Kier molecular flexibility index (Phi) is 4.48. The highest BCUT2D eigenvalue weighted by molar-refractivity contribution is 5.49. The number of nitrogens with zero attached hydrogens (tertiary/aromatic N) is 3. The minimum absolute atomic E-state index is 0.0557. The van der Waals surface area contributed by atoms with Crippen LogP contribution < -0.4 is 10.2 Å². The summed E-state index contributed by atoms with van der Waals surface area (Å²) in [4.78, 5) is 11.4. The maximum Gasteiger partial charge on any atom is 0.225 e. The second-order valence-corrected chi connectivity index (χ2v) is 6.37. The number of aryl methyl sites for hydroxylation is 1. The van der Waals surface area contributed by atoms with E-state index >= 15 is 0 Å². The van der Waals surface area contributed by atoms with Gasteiger partial charge in [-0.2, -0.15) is 4.98 Å². The van der Waals surface area contributed by atoms with Gasteiger partial charge >= 0.3 is 0 Å². The third kappa shape index (κ3) is 3.45. The molecule has 2 atom stereocenters. The first kappa shape index (κ1) is 15.7. The molecule has 0 unspecified atom stereocenters. The van der Waals surface area contributed by atoms with E-state index in [1.165, 1.54) is 11.1 Å². The molecule has 2 aromatic rings. The van der Waals surface area contributed by atoms with Gasteiger partial charge in [-0.05, 0) is 38.3 Å². The molecule has 0 bridgehead atoms. The predicted molar refractivity (Wildman–Crippen MR) is 92.7 cm³/mol. The van der Waals surface area contributed by atoms with Crippen molar-refractivity contribution in [2.24, 2.45) is 0 Å². The molecule has 0 fully saturated rings. The summed E-state index contributed by atoms with van der Waals surface area (Å²) in [7, 11) is 0. The number of fused-ring (bicyclic) bond motifs is 1. The van der Waals surface area contributed by atoms with Crippen LogP contribution in [0, 0.1) is 6.92 Å². The zero-order chi connectivity index (χ0) is 16.4. The highest BCUT2D eigenvalue weighted by atomic mass is 16.3. The summed E-state index contributed by atoms with van der Waals surface area (Å²) in [5.74, 6) is 1.51. The fourth-order valence-electron chi connectivity index (χ4n) is 3.02. The van der Waals surface area contributed by atoms with E-state index in [4.69, 9.17) is 0 Å². The fourth-order valence-corrected chi connectivity index (χ4v) is 3.02. The van der Waals surface area contributed by atoms with Crippen LogP contribution in [0.25, 0.3) is 0 Å². The van der Waals surface area contributed by atoms with Crippen LogP contribution in [0.3, 0.4) is 0 Å². The number of hydrogen-bond donors (Lipinski definition) is 2. The van der Waals surface area contributed by atoms with Crippen LogP contribution in [0.15, 0.2) is 30.3 Å². The number of anilines is 2. The van der Waals surface area contributed by atoms with Crippen molar-refractivity contribution in [1.82, 2.24) is 9.97 Å². The summed E-state index contributed by atoms with van der Waals surface area (Å²) in [6, 6.07) is 11.0. The quantitative estimate of drug-likeness (QED) is 0.908. The fraction of sp³-hybridized carbons (Fsp3) is 0.444. The van der Waals surface area contributed by atoms with Crippen molar-refractivity contribution in [3.8, 4) is 0 Å². The SMILES string of the molecule is Cc1cc(N2Cc3ccccc3C[C@@H]2C)nc(N[C@@H](C)CO)n1. The van der Waals surface area contributed by atoms with E-state index < -0.39 is 0 Å². The lowest BCUT2D eigenvalue weighted by Crippen LogP contribution is -2.39. The molecule has 5 nitrogen and oxygen atoms in total. The van der Waals surface area contributed by atoms with Gasteiger partial charge in [-0.15, -0.1) is 0 Å². The van der Waals surface area contributed by atoms with Gasteiger partial charge < -0.3 is 15.3 Å². The molecular formula is C18H24N4O. The maximum absolute atomic E-state index is 9.21. The van der Waals surface area contributed by atoms with Crippen molar-refractivity contribution >= 4 is 11.8 Å². The molecule has 2 heterocycles. The second-order valence-electron chi connectivity index (χ2n) is 6.37. The molecule has 0 aliphatic carbocycles. The molecule has 122 valence electrons. The summed E-state index contributed by atoms with van der Waals surface area (Å²) < 4.78 is 0. The van der Waals surface area contributed by atoms with Crippen molar-refractivity contribution in [3.63, 3.8) is 0 Å². The van der Waals surface area contributed by atoms with Crippen molar-refractivity contribution in [2.45, 2.75) is 45.8 Å². The minimum atomic E-state index is -0.0656. The zero-order valence-corrected chi connectivity index (χ0v) is 14.0. The number of benzene rings is 1. The number of hydrogen-bond acceptors (Lipinski definition) is 5. The van der Waals surface area contributed by atoms with E-state index in [0.717, 1.165) is 24.5 Å². The highest BCUT2D eigenvalue weighted by Crippen LogP contribution is 2.28. The molecule has 5 heteroatoms. The van der Waals surface area contributed by atoms with Crippen LogP contribution in [0.5, 0.6) is 0 Å². The minimum Gasteiger partial charge on any atom is -0.394 e. The summed E-state index contributed by atoms with van der Waals surface area (Å²) >= 11 is 0. The lowest BCUT2D eigenvalue weighted by Gasteiger charge is -2.36. The Bertz CT molecular complexity index is 688. The van der Waals surface area contributed by atoms with Gasteiger partial charge in [0.1, 0.15) is 5.82 Å². The largest absolute Gasteiger partial charge is 0.394 e. The second kappa shape index (κ2) is 6.54. The summed E-state index contributed by atoms with van der Waals surface area (Å²) in [6.45, 7) is 7.04. The molecule has 2 N–H and O–H groups in total. The molecule has 23 heavy (non-hydrogen) atoms. The van der Waals surface area contributed by atoms with Crippen molar-refractivity contribution < 1.29 is 5.11 Å². The molecule has 0 saturated heterocycles. The standard InChI is InChI=1S/C18H24N4O/c1-12-8-17(21-18(19-12)20-13(2)11-23)22-10-16-7-5-4-6-15(16)9-14(22)3/h4-8,13-14,23H,9-11H2,1-3H3,(H,19,20,21)/t13-,14-/m0/s1. The molecule has 0 radical (unpaired) electrons. The van der Waals surface area contributed by atoms with Crippen LogP contribution in [-0.2, 0) is 13.0 Å². The van der Waals surface area contributed by atoms with Crippen LogP contribution in [0.1, 0.15) is 30.7 Å². The Morgan fingerprint density at radius 1 is 1.30 bits per heavy atom. The van der Waals surface area contributed by atoms with E-state index in [-0.39, 0.29) is 12.6 Å². The molecule has 0 spiro atoms. The van der Waals surface area contributed by atoms with E-state index in [0.29, 0.717) is 12.0 Å². The van der Waals surface area contributed by atoms with E-state index in [9.17, 15) is 5.11 Å². The van der Waals surface area contributed by atoms with Crippen molar-refractivity contribution in [3.05, 3.63) is 47.2 Å². The molecule has 1 aromatic heterocycles. The van der Waals surface area contributed by atoms with Crippen LogP contribution in [0.2, 0.25) is 0 Å². The molecule has 0 saturated carbocycles.